The number of para-hydroxylation sites is 1. The molecule has 2 aromatic heterocycles. The number of pyridine rings is 1. The average molecular weight is 440 g/mol. The molecule has 2 heterocycles. The highest BCUT2D eigenvalue weighted by atomic mass is 16.5. The van der Waals surface area contributed by atoms with Crippen LogP contribution in [0.2, 0.25) is 0 Å². The summed E-state index contributed by atoms with van der Waals surface area (Å²) in [5.74, 6) is 1.44. The Hall–Kier alpha value is -4.18. The first-order chi connectivity index (χ1) is 16.1. The summed E-state index contributed by atoms with van der Waals surface area (Å²) in [6, 6.07) is 19.8. The Balaban J connectivity index is 1.43. The van der Waals surface area contributed by atoms with Gasteiger partial charge in [-0.25, -0.2) is 4.98 Å². The van der Waals surface area contributed by atoms with Gasteiger partial charge in [-0.2, -0.15) is 15.0 Å². The summed E-state index contributed by atoms with van der Waals surface area (Å²) in [5.41, 5.74) is 3.39. The number of ether oxygens (including phenoxy) is 1. The number of amides is 1. The molecular formula is C26H25N5O2. The fourth-order valence-electron chi connectivity index (χ4n) is 3.60. The number of aromatic nitrogens is 3. The van der Waals surface area contributed by atoms with Crippen molar-refractivity contribution in [1.29, 1.82) is 5.26 Å². The first-order valence-electron chi connectivity index (χ1n) is 11.0. The molecule has 1 amide bonds. The number of aryl methyl sites for hydroxylation is 2. The molecule has 0 aliphatic rings. The number of nitriles is 1. The molecule has 166 valence electrons. The van der Waals surface area contributed by atoms with E-state index < -0.39 is 0 Å². The lowest BCUT2D eigenvalue weighted by molar-refractivity contribution is -0.116. The molecule has 0 aliphatic heterocycles. The van der Waals surface area contributed by atoms with Crippen molar-refractivity contribution in [2.45, 2.75) is 33.1 Å². The molecule has 4 aromatic rings. The van der Waals surface area contributed by atoms with Crippen LogP contribution < -0.4 is 10.1 Å². The van der Waals surface area contributed by atoms with Crippen molar-refractivity contribution in [3.05, 3.63) is 77.5 Å². The van der Waals surface area contributed by atoms with Gasteiger partial charge >= 0.3 is 0 Å². The number of anilines is 1. The van der Waals surface area contributed by atoms with Gasteiger partial charge < -0.3 is 10.1 Å². The summed E-state index contributed by atoms with van der Waals surface area (Å²) in [6.07, 6.45) is 3.22. The third kappa shape index (κ3) is 5.01. The number of rotatable bonds is 8. The second kappa shape index (κ2) is 9.96. The van der Waals surface area contributed by atoms with Gasteiger partial charge in [0.15, 0.2) is 11.6 Å². The Kier molecular flexibility index (Phi) is 6.65. The smallest absolute Gasteiger partial charge is 0.225 e. The number of carbonyl (C=O) groups is 1. The number of hydrogen-bond donors (Lipinski definition) is 1. The van der Waals surface area contributed by atoms with Crippen LogP contribution in [0.4, 0.5) is 5.82 Å². The fourth-order valence-corrected chi connectivity index (χ4v) is 3.60. The number of carbonyl (C=O) groups excluding carboxylic acids is 1. The van der Waals surface area contributed by atoms with Gasteiger partial charge in [0.2, 0.25) is 5.91 Å². The molecule has 0 spiro atoms. The highest BCUT2D eigenvalue weighted by Gasteiger charge is 2.17. The highest BCUT2D eigenvalue weighted by Crippen LogP contribution is 2.23. The lowest BCUT2D eigenvalue weighted by atomic mass is 10.1. The van der Waals surface area contributed by atoms with Crippen molar-refractivity contribution in [2.24, 2.45) is 0 Å². The van der Waals surface area contributed by atoms with Crippen LogP contribution >= 0.6 is 0 Å². The number of nitrogens with one attached hydrogen (secondary N) is 1. The standard InChI is InChI=1S/C26H25N5O2/c1-3-19-10-12-21(13-11-19)33-14-6-9-25(32)30-26-20(16-27)17-28-31(26)24-15-18(2)22-7-4-5-8-23(22)29-24/h4-5,7-8,10-13,15,17H,3,6,9,14H2,1-2H3,(H,30,32). The highest BCUT2D eigenvalue weighted by molar-refractivity contribution is 5.91. The molecule has 33 heavy (non-hydrogen) atoms. The minimum atomic E-state index is -0.212. The van der Waals surface area contributed by atoms with Crippen molar-refractivity contribution in [3.8, 4) is 17.6 Å². The topological polar surface area (TPSA) is 92.8 Å². The van der Waals surface area contributed by atoms with Crippen LogP contribution in [0, 0.1) is 18.3 Å². The summed E-state index contributed by atoms with van der Waals surface area (Å²) < 4.78 is 7.22. The van der Waals surface area contributed by atoms with Gasteiger partial charge in [-0.3, -0.25) is 4.79 Å². The molecule has 0 saturated carbocycles. The van der Waals surface area contributed by atoms with Gasteiger partial charge in [0, 0.05) is 11.8 Å². The molecule has 0 radical (unpaired) electrons. The Morgan fingerprint density at radius 3 is 2.73 bits per heavy atom. The van der Waals surface area contributed by atoms with Gasteiger partial charge in [-0.15, -0.1) is 0 Å². The molecule has 0 bridgehead atoms. The van der Waals surface area contributed by atoms with Crippen molar-refractivity contribution in [3.63, 3.8) is 0 Å². The maximum atomic E-state index is 12.6. The predicted molar refractivity (Wildman–Crippen MR) is 127 cm³/mol. The van der Waals surface area contributed by atoms with E-state index in [-0.39, 0.29) is 17.9 Å². The molecule has 0 fully saturated rings. The minimum Gasteiger partial charge on any atom is -0.494 e. The van der Waals surface area contributed by atoms with Crippen LogP contribution in [0.5, 0.6) is 5.75 Å². The first kappa shape index (κ1) is 22.0. The summed E-state index contributed by atoms with van der Waals surface area (Å²) in [7, 11) is 0. The summed E-state index contributed by atoms with van der Waals surface area (Å²) in [6.45, 7) is 4.53. The molecule has 0 aliphatic carbocycles. The SMILES string of the molecule is CCc1ccc(OCCCC(=O)Nc2c(C#N)cnn2-c2cc(C)c3ccccc3n2)cc1. The van der Waals surface area contributed by atoms with E-state index in [1.165, 1.54) is 16.4 Å². The lowest BCUT2D eigenvalue weighted by Gasteiger charge is -2.11. The fraction of sp³-hybridized carbons (Fsp3) is 0.231. The Morgan fingerprint density at radius 1 is 1.18 bits per heavy atom. The van der Waals surface area contributed by atoms with Crippen LogP contribution in [-0.4, -0.2) is 27.3 Å². The second-order valence-corrected chi connectivity index (χ2v) is 7.74. The second-order valence-electron chi connectivity index (χ2n) is 7.74. The van der Waals surface area contributed by atoms with E-state index >= 15 is 0 Å². The lowest BCUT2D eigenvalue weighted by Crippen LogP contribution is -2.17. The molecule has 4 rings (SSSR count). The van der Waals surface area contributed by atoms with Gasteiger partial charge in [0.1, 0.15) is 17.4 Å². The Bertz CT molecular complexity index is 1320. The van der Waals surface area contributed by atoms with Crippen LogP contribution in [0.1, 0.15) is 36.5 Å². The van der Waals surface area contributed by atoms with Crippen LogP contribution in [-0.2, 0) is 11.2 Å². The van der Waals surface area contributed by atoms with Gasteiger partial charge in [-0.05, 0) is 55.2 Å². The van der Waals surface area contributed by atoms with Crippen LogP contribution in [0.3, 0.4) is 0 Å². The molecule has 2 aromatic carbocycles. The van der Waals surface area contributed by atoms with E-state index in [0.717, 1.165) is 28.6 Å². The maximum absolute atomic E-state index is 12.6. The number of hydrogen-bond acceptors (Lipinski definition) is 5. The molecule has 0 atom stereocenters. The maximum Gasteiger partial charge on any atom is 0.225 e. The number of benzene rings is 2. The van der Waals surface area contributed by atoms with E-state index in [1.54, 1.807) is 0 Å². The molecule has 7 heteroatoms. The normalized spacial score (nSPS) is 10.7. The first-order valence-corrected chi connectivity index (χ1v) is 11.0. The van der Waals surface area contributed by atoms with E-state index in [1.807, 2.05) is 61.5 Å². The number of fused-ring (bicyclic) bond motifs is 1. The van der Waals surface area contributed by atoms with Crippen molar-refractivity contribution in [1.82, 2.24) is 14.8 Å². The minimum absolute atomic E-state index is 0.212. The predicted octanol–water partition coefficient (Wildman–Crippen LogP) is 4.96. The summed E-state index contributed by atoms with van der Waals surface area (Å²) in [5, 5.41) is 17.7. The van der Waals surface area contributed by atoms with E-state index in [4.69, 9.17) is 4.74 Å². The van der Waals surface area contributed by atoms with Crippen LogP contribution in [0.25, 0.3) is 16.7 Å². The van der Waals surface area contributed by atoms with Crippen molar-refractivity contribution in [2.75, 3.05) is 11.9 Å². The molecule has 1 N–H and O–H groups in total. The molecular weight excluding hydrogens is 414 g/mol. The third-order valence-corrected chi connectivity index (χ3v) is 5.42. The Morgan fingerprint density at radius 2 is 1.97 bits per heavy atom. The summed E-state index contributed by atoms with van der Waals surface area (Å²) >= 11 is 0. The van der Waals surface area contributed by atoms with Gasteiger partial charge in [0.05, 0.1) is 18.3 Å². The quantitative estimate of drug-likeness (QED) is 0.392. The zero-order valence-electron chi connectivity index (χ0n) is 18.7. The third-order valence-electron chi connectivity index (χ3n) is 5.42. The van der Waals surface area contributed by atoms with Crippen molar-refractivity contribution >= 4 is 22.6 Å². The van der Waals surface area contributed by atoms with E-state index in [2.05, 4.69) is 28.4 Å². The van der Waals surface area contributed by atoms with Crippen molar-refractivity contribution < 1.29 is 9.53 Å². The van der Waals surface area contributed by atoms with E-state index in [0.29, 0.717) is 24.7 Å². The average Bonchev–Trinajstić information content (AvgIpc) is 3.24. The monoisotopic (exact) mass is 439 g/mol. The van der Waals surface area contributed by atoms with Crippen LogP contribution in [0.15, 0.2) is 60.8 Å². The molecule has 0 unspecified atom stereocenters. The Labute approximate surface area is 192 Å². The number of nitrogens with zero attached hydrogens (tertiary/aromatic N) is 4. The molecule has 7 nitrogen and oxygen atoms in total. The zero-order valence-corrected chi connectivity index (χ0v) is 18.7. The van der Waals surface area contributed by atoms with Gasteiger partial charge in [0.25, 0.3) is 0 Å². The largest absolute Gasteiger partial charge is 0.494 e. The van der Waals surface area contributed by atoms with E-state index in [9.17, 15) is 10.1 Å². The van der Waals surface area contributed by atoms with Gasteiger partial charge in [-0.1, -0.05) is 37.3 Å². The zero-order chi connectivity index (χ0) is 23.2. The summed E-state index contributed by atoms with van der Waals surface area (Å²) in [4.78, 5) is 17.3. The molecule has 0 saturated heterocycles.